The molecule has 0 amide bonds. The van der Waals surface area contributed by atoms with Crippen molar-refractivity contribution in [2.75, 3.05) is 7.11 Å². The molecule has 1 aliphatic heterocycles. The van der Waals surface area contributed by atoms with E-state index in [0.29, 0.717) is 0 Å². The Labute approximate surface area is 175 Å². The number of halogens is 21. The molecule has 0 radical (unpaired) electrons. The van der Waals surface area contributed by atoms with Crippen molar-refractivity contribution in [3.05, 3.63) is 0 Å². The van der Waals surface area contributed by atoms with E-state index < -0.39 is 72.6 Å². The van der Waals surface area contributed by atoms with Crippen molar-refractivity contribution in [2.24, 2.45) is 0 Å². The van der Waals surface area contributed by atoms with Crippen molar-refractivity contribution in [3.8, 4) is 0 Å². The van der Waals surface area contributed by atoms with Gasteiger partial charge in [0, 0.05) is 7.11 Å². The molecule has 35 heavy (non-hydrogen) atoms. The molecule has 210 valence electrons. The van der Waals surface area contributed by atoms with Gasteiger partial charge in [0.1, 0.15) is 0 Å². The summed E-state index contributed by atoms with van der Waals surface area (Å²) >= 11 is 0. The highest BCUT2D eigenvalue weighted by molar-refractivity contribution is 5.27. The molecule has 0 aromatic heterocycles. The summed E-state index contributed by atoms with van der Waals surface area (Å²) in [5, 5.41) is 0. The monoisotopic (exact) mass is 578 g/mol. The number of ether oxygens (including phenoxy) is 2. The number of rotatable bonds is 3. The predicted octanol–water partition coefficient (Wildman–Crippen LogP) is 6.60. The zero-order valence-electron chi connectivity index (χ0n) is 15.3. The maximum absolute atomic E-state index is 14.6. The summed E-state index contributed by atoms with van der Waals surface area (Å²) in [5.74, 6) is -42.3. The van der Waals surface area contributed by atoms with E-state index in [-0.39, 0.29) is 0 Å². The van der Waals surface area contributed by atoms with Gasteiger partial charge in [-0.15, -0.1) is 0 Å². The highest BCUT2D eigenvalue weighted by atomic mass is 19.4. The lowest BCUT2D eigenvalue weighted by Gasteiger charge is -2.59. The molecule has 1 fully saturated rings. The molecule has 1 saturated heterocycles. The highest BCUT2D eigenvalue weighted by Crippen LogP contribution is 2.73. The predicted molar refractivity (Wildman–Crippen MR) is 61.4 cm³/mol. The average molecular weight is 578 g/mol. The summed E-state index contributed by atoms with van der Waals surface area (Å²) < 4.78 is 285. The minimum absolute atomic E-state index is 1.25. The molecular formula is C12H3F21O2. The lowest BCUT2D eigenvalue weighted by atomic mass is 9.74. The smallest absolute Gasteiger partial charge is 0.345 e. The molecule has 0 aromatic carbocycles. The van der Waals surface area contributed by atoms with Gasteiger partial charge < -0.3 is 4.74 Å². The lowest BCUT2D eigenvalue weighted by Crippen LogP contribution is -2.91. The van der Waals surface area contributed by atoms with Crippen molar-refractivity contribution in [2.45, 2.75) is 65.5 Å². The summed E-state index contributed by atoms with van der Waals surface area (Å²) in [4.78, 5) is 0. The van der Waals surface area contributed by atoms with E-state index >= 15 is 0 Å². The summed E-state index contributed by atoms with van der Waals surface area (Å²) in [6.45, 7) is 0. The van der Waals surface area contributed by atoms with Gasteiger partial charge in [-0.2, -0.15) is 79.0 Å². The van der Waals surface area contributed by atoms with Crippen LogP contribution < -0.4 is 0 Å². The standard InChI is InChI=1S/C12H3F21O2/c1-34-8(3(14,11(28,29)30)12(31,32)33)6(19,20)4(15,16)5(17,18)7(21,35-8)2(13,9(22,23)24)10(25,26)27/h1H3. The summed E-state index contributed by atoms with van der Waals surface area (Å²) in [5.41, 5.74) is -17.3. The van der Waals surface area contributed by atoms with Crippen molar-refractivity contribution >= 4 is 0 Å². The topological polar surface area (TPSA) is 18.5 Å². The number of methoxy groups -OCH3 is 1. The molecule has 1 aliphatic rings. The van der Waals surface area contributed by atoms with Crippen LogP contribution in [0.15, 0.2) is 0 Å². The Morgan fingerprint density at radius 2 is 0.743 bits per heavy atom. The Kier molecular flexibility index (Phi) is 6.54. The van der Waals surface area contributed by atoms with Crippen LogP contribution in [0.5, 0.6) is 0 Å². The van der Waals surface area contributed by atoms with Gasteiger partial charge >= 0.3 is 59.7 Å². The van der Waals surface area contributed by atoms with Crippen LogP contribution in [0.2, 0.25) is 0 Å². The first kappa shape index (κ1) is 31.5. The zero-order valence-corrected chi connectivity index (χ0v) is 15.3. The zero-order chi connectivity index (χ0) is 28.9. The molecule has 23 heteroatoms. The Morgan fingerprint density at radius 3 is 0.971 bits per heavy atom. The van der Waals surface area contributed by atoms with Crippen LogP contribution >= 0.6 is 0 Å². The van der Waals surface area contributed by atoms with E-state index in [4.69, 9.17) is 0 Å². The van der Waals surface area contributed by atoms with Crippen LogP contribution in [0.3, 0.4) is 0 Å². The van der Waals surface area contributed by atoms with Gasteiger partial charge in [-0.05, 0) is 0 Å². The van der Waals surface area contributed by atoms with Crippen LogP contribution in [-0.2, 0) is 9.47 Å². The third-order valence-corrected chi connectivity index (χ3v) is 4.64. The minimum atomic E-state index is -8.82. The second kappa shape index (κ2) is 7.27. The SMILES string of the molecule is COC1(C(F)(C(F)(F)F)C(F)(F)F)OC(F)(C(F)(C(F)(F)F)C(F)(F)F)C(F)(F)C(F)(F)C1(F)F. The van der Waals surface area contributed by atoms with E-state index in [0.717, 1.165) is 0 Å². The molecule has 0 aliphatic carbocycles. The van der Waals surface area contributed by atoms with Gasteiger partial charge in [0.25, 0.3) is 5.79 Å². The van der Waals surface area contributed by atoms with Crippen LogP contribution in [0, 0.1) is 0 Å². The molecule has 0 N–H and O–H groups in total. The largest absolute Gasteiger partial charge is 0.437 e. The molecule has 2 atom stereocenters. The lowest BCUT2D eigenvalue weighted by molar-refractivity contribution is -0.598. The number of hydrogen-bond donors (Lipinski definition) is 0. The summed E-state index contributed by atoms with van der Waals surface area (Å²) in [6.07, 6.45) is -33.4. The molecule has 0 bridgehead atoms. The quantitative estimate of drug-likeness (QED) is 0.352. The first-order chi connectivity index (χ1) is 14.8. The van der Waals surface area contributed by atoms with Crippen LogP contribution in [0.25, 0.3) is 0 Å². The Bertz CT molecular complexity index is 788. The average Bonchev–Trinajstić information content (AvgIpc) is 2.59. The highest BCUT2D eigenvalue weighted by Gasteiger charge is 3.06. The third-order valence-electron chi connectivity index (χ3n) is 4.64. The van der Waals surface area contributed by atoms with Crippen molar-refractivity contribution in [1.82, 2.24) is 0 Å². The molecule has 1 heterocycles. The van der Waals surface area contributed by atoms with E-state index in [1.807, 2.05) is 0 Å². The van der Waals surface area contributed by atoms with Crippen molar-refractivity contribution in [1.29, 1.82) is 0 Å². The van der Waals surface area contributed by atoms with Crippen molar-refractivity contribution < 1.29 is 102 Å². The fourth-order valence-electron chi connectivity index (χ4n) is 2.88. The molecule has 2 unspecified atom stereocenters. The van der Waals surface area contributed by atoms with E-state index in [2.05, 4.69) is 4.74 Å². The van der Waals surface area contributed by atoms with Crippen molar-refractivity contribution in [3.63, 3.8) is 0 Å². The van der Waals surface area contributed by atoms with E-state index in [9.17, 15) is 92.2 Å². The van der Waals surface area contributed by atoms with E-state index in [1.165, 1.54) is 0 Å². The molecular weight excluding hydrogens is 575 g/mol. The second-order valence-electron chi connectivity index (χ2n) is 6.55. The maximum Gasteiger partial charge on any atom is 0.437 e. The molecule has 0 saturated carbocycles. The maximum atomic E-state index is 14.6. The number of hydrogen-bond acceptors (Lipinski definition) is 2. The second-order valence-corrected chi connectivity index (χ2v) is 6.55. The summed E-state index contributed by atoms with van der Waals surface area (Å²) in [7, 11) is -1.25. The Hall–Kier alpha value is -1.55. The fraction of sp³-hybridized carbons (Fsp3) is 1.00. The molecule has 1 rings (SSSR count). The minimum Gasteiger partial charge on any atom is -0.345 e. The van der Waals surface area contributed by atoms with Gasteiger partial charge in [-0.1, -0.05) is 0 Å². The fourth-order valence-corrected chi connectivity index (χ4v) is 2.88. The van der Waals surface area contributed by atoms with Gasteiger partial charge in [-0.3, -0.25) is 4.74 Å². The van der Waals surface area contributed by atoms with Gasteiger partial charge in [0.15, 0.2) is 0 Å². The Balaban J connectivity index is 4.53. The first-order valence-electron chi connectivity index (χ1n) is 7.49. The number of alkyl halides is 21. The van der Waals surface area contributed by atoms with Crippen LogP contribution in [-0.4, -0.2) is 72.6 Å². The first-order valence-corrected chi connectivity index (χ1v) is 7.49. The van der Waals surface area contributed by atoms with Gasteiger partial charge in [0.2, 0.25) is 0 Å². The molecule has 0 aromatic rings. The van der Waals surface area contributed by atoms with Gasteiger partial charge in [-0.25, -0.2) is 13.2 Å². The van der Waals surface area contributed by atoms with Crippen LogP contribution in [0.1, 0.15) is 0 Å². The normalized spacial score (nSPS) is 30.3. The van der Waals surface area contributed by atoms with Crippen LogP contribution in [0.4, 0.5) is 92.2 Å². The molecule has 0 spiro atoms. The van der Waals surface area contributed by atoms with E-state index in [1.54, 1.807) is 4.74 Å². The third kappa shape index (κ3) is 3.17. The Morgan fingerprint density at radius 1 is 0.457 bits per heavy atom. The summed E-state index contributed by atoms with van der Waals surface area (Å²) in [6, 6.07) is 0. The van der Waals surface area contributed by atoms with Gasteiger partial charge in [0.05, 0.1) is 0 Å². The molecule has 2 nitrogen and oxygen atoms in total.